The van der Waals surface area contributed by atoms with Crippen molar-refractivity contribution in [2.24, 2.45) is 5.92 Å². The molecule has 0 bridgehead atoms. The maximum absolute atomic E-state index is 15.1. The second kappa shape index (κ2) is 11.9. The summed E-state index contributed by atoms with van der Waals surface area (Å²) in [7, 11) is 0. The highest BCUT2D eigenvalue weighted by Crippen LogP contribution is 2.54. The summed E-state index contributed by atoms with van der Waals surface area (Å²) in [5.74, 6) is -2.50. The molecule has 0 unspecified atom stereocenters. The first-order valence-corrected chi connectivity index (χ1v) is 13.4. The van der Waals surface area contributed by atoms with Crippen molar-refractivity contribution < 1.29 is 44.7 Å². The van der Waals surface area contributed by atoms with Gasteiger partial charge in [0.25, 0.3) is 11.8 Å². The average Bonchev–Trinajstić information content (AvgIpc) is 3.76. The van der Waals surface area contributed by atoms with Gasteiger partial charge in [-0.2, -0.15) is 31.6 Å². The van der Waals surface area contributed by atoms with E-state index in [2.05, 4.69) is 5.32 Å². The van der Waals surface area contributed by atoms with Gasteiger partial charge < -0.3 is 10.2 Å². The lowest BCUT2D eigenvalue weighted by Gasteiger charge is -2.30. The predicted octanol–water partition coefficient (Wildman–Crippen LogP) is 8.91. The number of nitrogens with one attached hydrogen (secondary N) is 1. The zero-order valence-electron chi connectivity index (χ0n) is 22.3. The Morgan fingerprint density at radius 3 is 2.05 bits per heavy atom. The molecule has 0 aromatic heterocycles. The summed E-state index contributed by atoms with van der Waals surface area (Å²) in [6.07, 6.45) is -11.3. The lowest BCUT2D eigenvalue weighted by Crippen LogP contribution is -2.50. The number of carbonyl (C=O) groups excluding carboxylic acids is 2. The number of nitriles is 1. The number of anilines is 2. The zero-order chi connectivity index (χ0) is 32.8. The molecule has 15 heteroatoms. The molecule has 3 aromatic carbocycles. The normalized spacial score (nSPS) is 13.8. The maximum atomic E-state index is 15.1. The van der Waals surface area contributed by atoms with E-state index in [0.717, 1.165) is 35.9 Å². The van der Waals surface area contributed by atoms with Crippen LogP contribution in [0.25, 0.3) is 0 Å². The van der Waals surface area contributed by atoms with Crippen LogP contribution in [0, 0.1) is 30.0 Å². The van der Waals surface area contributed by atoms with Gasteiger partial charge in [0.15, 0.2) is 0 Å². The maximum Gasteiger partial charge on any atom is 0.435 e. The first-order chi connectivity index (χ1) is 20.4. The largest absolute Gasteiger partial charge is 0.435 e. The zero-order valence-corrected chi connectivity index (χ0v) is 23.8. The van der Waals surface area contributed by atoms with E-state index in [0.29, 0.717) is 11.1 Å². The minimum Gasteiger partial charge on any atom is -0.319 e. The standard InChI is InChI=1S/C29H19Cl2F8N3O2/c1-14-8-16(12-40)4-6-19(14)26(44)42(13-15-2-3-15)23-9-17(5-7-22(23)32)25(43)41-24-20(30)10-18(11-21(24)31)27(33,28(34,35)36)29(37,38)39/h4-11,15H,2-3,13H2,1H3,(H,41,43). The second-order valence-electron chi connectivity index (χ2n) is 10.1. The molecule has 4 rings (SSSR count). The number of halogens is 10. The molecule has 44 heavy (non-hydrogen) atoms. The highest BCUT2D eigenvalue weighted by molar-refractivity contribution is 6.40. The van der Waals surface area contributed by atoms with Gasteiger partial charge in [0, 0.05) is 23.2 Å². The molecule has 0 radical (unpaired) electrons. The lowest BCUT2D eigenvalue weighted by molar-refractivity contribution is -0.348. The molecule has 0 aliphatic heterocycles. The highest BCUT2D eigenvalue weighted by Gasteiger charge is 2.73. The van der Waals surface area contributed by atoms with Crippen molar-refractivity contribution in [1.29, 1.82) is 5.26 Å². The van der Waals surface area contributed by atoms with Crippen molar-refractivity contribution in [1.82, 2.24) is 0 Å². The quantitative estimate of drug-likeness (QED) is 0.257. The third-order valence-corrected chi connectivity index (χ3v) is 7.52. The highest BCUT2D eigenvalue weighted by atomic mass is 35.5. The molecule has 2 amide bonds. The van der Waals surface area contributed by atoms with E-state index in [4.69, 9.17) is 28.5 Å². The van der Waals surface area contributed by atoms with Crippen LogP contribution in [0.1, 0.15) is 50.2 Å². The average molecular weight is 664 g/mol. The fourth-order valence-corrected chi connectivity index (χ4v) is 4.98. The van der Waals surface area contributed by atoms with E-state index in [-0.39, 0.29) is 41.4 Å². The summed E-state index contributed by atoms with van der Waals surface area (Å²) in [5.41, 5.74) is -8.05. The Morgan fingerprint density at radius 2 is 1.55 bits per heavy atom. The summed E-state index contributed by atoms with van der Waals surface area (Å²) < 4.78 is 109. The molecule has 1 fully saturated rings. The molecule has 1 saturated carbocycles. The van der Waals surface area contributed by atoms with Crippen molar-refractivity contribution in [3.8, 4) is 6.07 Å². The Labute approximate surface area is 255 Å². The van der Waals surface area contributed by atoms with E-state index in [1.165, 1.54) is 18.2 Å². The molecule has 3 aromatic rings. The van der Waals surface area contributed by atoms with E-state index >= 15 is 4.39 Å². The van der Waals surface area contributed by atoms with Crippen LogP contribution in [0.5, 0.6) is 0 Å². The molecule has 0 saturated heterocycles. The first kappa shape index (κ1) is 33.0. The van der Waals surface area contributed by atoms with Crippen molar-refractivity contribution in [3.05, 3.63) is 92.2 Å². The minimum atomic E-state index is -6.42. The fraction of sp³-hybridized carbons (Fsp3) is 0.276. The van der Waals surface area contributed by atoms with Gasteiger partial charge in [-0.1, -0.05) is 23.2 Å². The Hall–Kier alpha value is -3.89. The van der Waals surface area contributed by atoms with Crippen LogP contribution in [0.15, 0.2) is 48.5 Å². The number of benzene rings is 3. The lowest BCUT2D eigenvalue weighted by atomic mass is 9.94. The molecule has 232 valence electrons. The van der Waals surface area contributed by atoms with Gasteiger partial charge in [0.2, 0.25) is 0 Å². The van der Waals surface area contributed by atoms with Crippen LogP contribution in [-0.4, -0.2) is 30.7 Å². The summed E-state index contributed by atoms with van der Waals surface area (Å²) >= 11 is 11.7. The van der Waals surface area contributed by atoms with Gasteiger partial charge >= 0.3 is 18.0 Å². The number of aryl methyl sites for hydroxylation is 1. The number of hydrogen-bond acceptors (Lipinski definition) is 3. The molecule has 5 nitrogen and oxygen atoms in total. The predicted molar refractivity (Wildman–Crippen MR) is 146 cm³/mol. The van der Waals surface area contributed by atoms with Gasteiger partial charge in [-0.3, -0.25) is 9.59 Å². The minimum absolute atomic E-state index is 0.0378. The van der Waals surface area contributed by atoms with Crippen molar-refractivity contribution in [2.75, 3.05) is 16.8 Å². The van der Waals surface area contributed by atoms with Gasteiger partial charge in [0.05, 0.1) is 33.1 Å². The molecule has 1 N–H and O–H groups in total. The number of nitrogens with zero attached hydrogens (tertiary/aromatic N) is 2. The smallest absolute Gasteiger partial charge is 0.319 e. The van der Waals surface area contributed by atoms with Gasteiger partial charge in [-0.05, 0) is 79.8 Å². The monoisotopic (exact) mass is 663 g/mol. The molecule has 0 spiro atoms. The van der Waals surface area contributed by atoms with E-state index in [9.17, 15) is 40.3 Å². The van der Waals surface area contributed by atoms with E-state index in [1.54, 1.807) is 6.92 Å². The van der Waals surface area contributed by atoms with Crippen molar-refractivity contribution in [2.45, 2.75) is 37.8 Å². The van der Waals surface area contributed by atoms with Crippen LogP contribution in [0.2, 0.25) is 10.0 Å². The number of amides is 2. The molecule has 1 aliphatic rings. The summed E-state index contributed by atoms with van der Waals surface area (Å²) in [6, 6.07) is 9.28. The van der Waals surface area contributed by atoms with Crippen LogP contribution < -0.4 is 10.2 Å². The van der Waals surface area contributed by atoms with Crippen LogP contribution in [0.3, 0.4) is 0 Å². The molecule has 0 atom stereocenters. The van der Waals surface area contributed by atoms with E-state index < -0.39 is 56.9 Å². The van der Waals surface area contributed by atoms with Crippen LogP contribution >= 0.6 is 23.2 Å². The first-order valence-electron chi connectivity index (χ1n) is 12.6. The van der Waals surface area contributed by atoms with Crippen molar-refractivity contribution >= 4 is 46.4 Å². The summed E-state index contributed by atoms with van der Waals surface area (Å²) in [6.45, 7) is 1.70. The summed E-state index contributed by atoms with van der Waals surface area (Å²) in [4.78, 5) is 27.8. The molecule has 0 heterocycles. The van der Waals surface area contributed by atoms with E-state index in [1.807, 2.05) is 6.07 Å². The number of rotatable bonds is 7. The number of alkyl halides is 7. The Kier molecular flexibility index (Phi) is 8.92. The Morgan fingerprint density at radius 1 is 0.955 bits per heavy atom. The Bertz CT molecular complexity index is 1640. The number of carbonyl (C=O) groups is 2. The SMILES string of the molecule is Cc1cc(C#N)ccc1C(=O)N(CC1CC1)c1cc(C(=O)Nc2c(Cl)cc(C(F)(C(F)(F)F)C(F)(F)F)cc2Cl)ccc1F. The van der Waals surface area contributed by atoms with Crippen molar-refractivity contribution in [3.63, 3.8) is 0 Å². The topological polar surface area (TPSA) is 73.2 Å². The Balaban J connectivity index is 1.68. The molecular weight excluding hydrogens is 645 g/mol. The molecular formula is C29H19Cl2F8N3O2. The van der Waals surface area contributed by atoms with Gasteiger partial charge in [0.1, 0.15) is 5.82 Å². The summed E-state index contributed by atoms with van der Waals surface area (Å²) in [5, 5.41) is 9.36. The fourth-order valence-electron chi connectivity index (χ4n) is 4.39. The second-order valence-corrected chi connectivity index (χ2v) is 10.9. The van der Waals surface area contributed by atoms with Gasteiger partial charge in [-0.15, -0.1) is 0 Å². The van der Waals surface area contributed by atoms with Crippen LogP contribution in [0.4, 0.5) is 46.5 Å². The van der Waals surface area contributed by atoms with Crippen LogP contribution in [-0.2, 0) is 5.67 Å². The van der Waals surface area contributed by atoms with Gasteiger partial charge in [-0.25, -0.2) is 8.78 Å². The third kappa shape index (κ3) is 6.32. The number of hydrogen-bond donors (Lipinski definition) is 1. The third-order valence-electron chi connectivity index (χ3n) is 6.93. The molecule has 1 aliphatic carbocycles.